The summed E-state index contributed by atoms with van der Waals surface area (Å²) in [6, 6.07) is 6.71. The molecule has 0 saturated carbocycles. The second-order valence-corrected chi connectivity index (χ2v) is 7.32. The summed E-state index contributed by atoms with van der Waals surface area (Å²) in [5, 5.41) is 16.1. The fraction of sp³-hybridized carbons (Fsp3) is 0.438. The second kappa shape index (κ2) is 6.05. The van der Waals surface area contributed by atoms with Gasteiger partial charge in [-0.15, -0.1) is 0 Å². The summed E-state index contributed by atoms with van der Waals surface area (Å²) in [6.07, 6.45) is -0.0779. The lowest BCUT2D eigenvalue weighted by Crippen LogP contribution is -2.55. The van der Waals surface area contributed by atoms with Gasteiger partial charge < -0.3 is 9.84 Å². The Labute approximate surface area is 143 Å². The molecule has 0 bridgehead atoms. The Morgan fingerprint density at radius 2 is 1.87 bits per heavy atom. The van der Waals surface area contributed by atoms with Crippen LogP contribution in [-0.2, 0) is 9.53 Å². The Balaban J connectivity index is 2.45. The lowest BCUT2D eigenvalue weighted by atomic mass is 9.80. The molecule has 1 heterocycles. The predicted molar refractivity (Wildman–Crippen MR) is 88.8 cm³/mol. The molecule has 0 radical (unpaired) electrons. The van der Waals surface area contributed by atoms with Gasteiger partial charge in [-0.05, 0) is 24.3 Å². The smallest absolute Gasteiger partial charge is 0.354 e. The first-order chi connectivity index (χ1) is 10.6. The van der Waals surface area contributed by atoms with E-state index in [1.165, 1.54) is 7.11 Å². The van der Waals surface area contributed by atoms with E-state index in [0.717, 1.165) is 9.48 Å². The van der Waals surface area contributed by atoms with Crippen LogP contribution in [0.3, 0.4) is 0 Å². The molecular formula is C16H19BrN2O4. The molecule has 2 rings (SSSR count). The van der Waals surface area contributed by atoms with Gasteiger partial charge in [0.15, 0.2) is 11.4 Å². The van der Waals surface area contributed by atoms with Crippen LogP contribution < -0.4 is 0 Å². The maximum absolute atomic E-state index is 12.8. The van der Waals surface area contributed by atoms with Gasteiger partial charge in [-0.25, -0.2) is 4.79 Å². The number of methoxy groups -OCH3 is 1. The number of hydrogen-bond acceptors (Lipinski definition) is 5. The van der Waals surface area contributed by atoms with Crippen LogP contribution in [0.1, 0.15) is 37.6 Å². The molecule has 0 spiro atoms. The van der Waals surface area contributed by atoms with Crippen molar-refractivity contribution in [3.63, 3.8) is 0 Å². The van der Waals surface area contributed by atoms with Crippen molar-refractivity contribution in [2.45, 2.75) is 32.9 Å². The molecular weight excluding hydrogens is 364 g/mol. The van der Waals surface area contributed by atoms with Gasteiger partial charge in [0.2, 0.25) is 0 Å². The third kappa shape index (κ3) is 3.16. The fourth-order valence-corrected chi connectivity index (χ4v) is 2.55. The molecule has 7 heteroatoms. The lowest BCUT2D eigenvalue weighted by molar-refractivity contribution is -0.144. The highest BCUT2D eigenvalue weighted by atomic mass is 79.9. The molecule has 1 aliphatic heterocycles. The number of hydrazone groups is 1. The van der Waals surface area contributed by atoms with E-state index in [4.69, 9.17) is 0 Å². The van der Waals surface area contributed by atoms with E-state index in [-0.39, 0.29) is 12.1 Å². The Bertz CT molecular complexity index is 664. The number of nitrogens with zero attached hydrogens (tertiary/aromatic N) is 2. The highest BCUT2D eigenvalue weighted by molar-refractivity contribution is 9.10. The first-order valence-corrected chi connectivity index (χ1v) is 7.88. The first-order valence-electron chi connectivity index (χ1n) is 7.08. The van der Waals surface area contributed by atoms with Gasteiger partial charge in [-0.3, -0.25) is 4.79 Å². The van der Waals surface area contributed by atoms with Crippen LogP contribution >= 0.6 is 15.9 Å². The number of halogens is 1. The van der Waals surface area contributed by atoms with E-state index in [1.807, 2.05) is 0 Å². The SMILES string of the molecule is COC(=O)C1=NN(C(=O)c2ccc(Br)cc2)[C@@](O)(C(C)(C)C)C1. The molecule has 0 aromatic heterocycles. The van der Waals surface area contributed by atoms with Crippen molar-refractivity contribution in [3.8, 4) is 0 Å². The normalized spacial score (nSPS) is 21.1. The van der Waals surface area contributed by atoms with Crippen molar-refractivity contribution in [1.29, 1.82) is 0 Å². The van der Waals surface area contributed by atoms with Gasteiger partial charge in [0.05, 0.1) is 7.11 Å². The van der Waals surface area contributed by atoms with E-state index in [0.29, 0.717) is 5.56 Å². The number of aliphatic hydroxyl groups is 1. The van der Waals surface area contributed by atoms with E-state index in [9.17, 15) is 14.7 Å². The Hall–Kier alpha value is -1.73. The second-order valence-electron chi connectivity index (χ2n) is 6.41. The molecule has 23 heavy (non-hydrogen) atoms. The quantitative estimate of drug-likeness (QED) is 0.797. The zero-order chi connectivity index (χ0) is 17.4. The van der Waals surface area contributed by atoms with Crippen molar-refractivity contribution < 1.29 is 19.4 Å². The molecule has 1 N–H and O–H groups in total. The third-order valence-corrected chi connectivity index (χ3v) is 4.42. The van der Waals surface area contributed by atoms with Crippen molar-refractivity contribution in [2.75, 3.05) is 7.11 Å². The van der Waals surface area contributed by atoms with Crippen LogP contribution in [0.2, 0.25) is 0 Å². The molecule has 0 aliphatic carbocycles. The number of carbonyl (C=O) groups excluding carboxylic acids is 2. The molecule has 1 aromatic rings. The largest absolute Gasteiger partial charge is 0.464 e. The van der Waals surface area contributed by atoms with Crippen LogP contribution in [0.4, 0.5) is 0 Å². The summed E-state index contributed by atoms with van der Waals surface area (Å²) in [7, 11) is 1.24. The minimum absolute atomic E-state index is 0.0235. The Morgan fingerprint density at radius 1 is 1.30 bits per heavy atom. The van der Waals surface area contributed by atoms with Gasteiger partial charge in [0.25, 0.3) is 5.91 Å². The van der Waals surface area contributed by atoms with Crippen molar-refractivity contribution in [3.05, 3.63) is 34.3 Å². The summed E-state index contributed by atoms with van der Waals surface area (Å²) in [5.41, 5.74) is -1.93. The van der Waals surface area contributed by atoms with Gasteiger partial charge in [-0.1, -0.05) is 36.7 Å². The molecule has 1 atom stereocenters. The number of esters is 1. The number of hydrogen-bond donors (Lipinski definition) is 1. The maximum Gasteiger partial charge on any atom is 0.354 e. The zero-order valence-electron chi connectivity index (χ0n) is 13.5. The summed E-state index contributed by atoms with van der Waals surface area (Å²) >= 11 is 3.31. The Kier molecular flexibility index (Phi) is 4.64. The van der Waals surface area contributed by atoms with Crippen LogP contribution in [0, 0.1) is 5.41 Å². The van der Waals surface area contributed by atoms with Crippen LogP contribution in [-0.4, -0.2) is 40.5 Å². The molecule has 1 aliphatic rings. The minimum atomic E-state index is -1.61. The van der Waals surface area contributed by atoms with Crippen LogP contribution in [0.25, 0.3) is 0 Å². The molecule has 0 saturated heterocycles. The van der Waals surface area contributed by atoms with E-state index >= 15 is 0 Å². The molecule has 1 amide bonds. The van der Waals surface area contributed by atoms with E-state index in [2.05, 4.69) is 25.8 Å². The molecule has 0 fully saturated rings. The van der Waals surface area contributed by atoms with Gasteiger partial charge >= 0.3 is 5.97 Å². The van der Waals surface area contributed by atoms with Crippen LogP contribution in [0.15, 0.2) is 33.8 Å². The van der Waals surface area contributed by atoms with Crippen molar-refractivity contribution in [1.82, 2.24) is 5.01 Å². The van der Waals surface area contributed by atoms with Gasteiger partial charge in [-0.2, -0.15) is 10.1 Å². The number of amides is 1. The fourth-order valence-electron chi connectivity index (χ4n) is 2.29. The summed E-state index contributed by atoms with van der Waals surface area (Å²) in [5.74, 6) is -1.13. The zero-order valence-corrected chi connectivity index (χ0v) is 15.0. The summed E-state index contributed by atoms with van der Waals surface area (Å²) < 4.78 is 5.50. The topological polar surface area (TPSA) is 79.2 Å². The Morgan fingerprint density at radius 3 is 2.35 bits per heavy atom. The van der Waals surface area contributed by atoms with Crippen molar-refractivity contribution in [2.24, 2.45) is 10.5 Å². The van der Waals surface area contributed by atoms with Gasteiger partial charge in [0, 0.05) is 21.9 Å². The number of ether oxygens (including phenoxy) is 1. The monoisotopic (exact) mass is 382 g/mol. The average molecular weight is 383 g/mol. The molecule has 6 nitrogen and oxygen atoms in total. The highest BCUT2D eigenvalue weighted by Crippen LogP contribution is 2.41. The predicted octanol–water partition coefficient (Wildman–Crippen LogP) is 2.56. The summed E-state index contributed by atoms with van der Waals surface area (Å²) in [4.78, 5) is 24.5. The van der Waals surface area contributed by atoms with Crippen LogP contribution in [0.5, 0.6) is 0 Å². The highest BCUT2D eigenvalue weighted by Gasteiger charge is 2.54. The maximum atomic E-state index is 12.8. The lowest BCUT2D eigenvalue weighted by Gasteiger charge is -2.41. The first kappa shape index (κ1) is 17.6. The number of carbonyl (C=O) groups is 2. The van der Waals surface area contributed by atoms with Gasteiger partial charge in [0.1, 0.15) is 0 Å². The molecule has 0 unspecified atom stereocenters. The third-order valence-electron chi connectivity index (χ3n) is 3.89. The average Bonchev–Trinajstić information content (AvgIpc) is 2.85. The molecule has 124 valence electrons. The molecule has 1 aromatic carbocycles. The number of rotatable bonds is 2. The summed E-state index contributed by atoms with van der Waals surface area (Å²) in [6.45, 7) is 5.35. The number of benzene rings is 1. The van der Waals surface area contributed by atoms with E-state index in [1.54, 1.807) is 45.0 Å². The van der Waals surface area contributed by atoms with Crippen molar-refractivity contribution >= 4 is 33.5 Å². The standard InChI is InChI=1S/C16H19BrN2O4/c1-15(2,3)16(22)9-12(14(21)23-4)18-19(16)13(20)10-5-7-11(17)8-6-10/h5-8,22H,9H2,1-4H3/t16-/m0/s1. The van der Waals surface area contributed by atoms with E-state index < -0.39 is 23.0 Å². The minimum Gasteiger partial charge on any atom is -0.464 e.